The zero-order valence-corrected chi connectivity index (χ0v) is 12.9. The van der Waals surface area contributed by atoms with Gasteiger partial charge in [-0.1, -0.05) is 25.9 Å². The first kappa shape index (κ1) is 15.4. The van der Waals surface area contributed by atoms with Gasteiger partial charge in [0.2, 0.25) is 5.89 Å². The van der Waals surface area contributed by atoms with Gasteiger partial charge >= 0.3 is 0 Å². The first-order chi connectivity index (χ1) is 9.50. The first-order valence-corrected chi connectivity index (χ1v) is 7.61. The third-order valence-corrected chi connectivity index (χ3v) is 4.23. The fraction of sp³-hybridized carbons (Fsp3) is 0.867. The third kappa shape index (κ3) is 4.03. The van der Waals surface area contributed by atoms with Crippen LogP contribution in [0.15, 0.2) is 4.52 Å². The fourth-order valence-corrected chi connectivity index (χ4v) is 2.78. The van der Waals surface area contributed by atoms with Crippen LogP contribution in [0.2, 0.25) is 0 Å². The molecule has 0 aliphatic carbocycles. The molecule has 20 heavy (non-hydrogen) atoms. The maximum Gasteiger partial charge on any atom is 0.226 e. The summed E-state index contributed by atoms with van der Waals surface area (Å²) in [4.78, 5) is 4.52. The van der Waals surface area contributed by atoms with Gasteiger partial charge in [-0.05, 0) is 37.1 Å². The van der Waals surface area contributed by atoms with Crippen LogP contribution in [0, 0.1) is 11.3 Å². The van der Waals surface area contributed by atoms with Gasteiger partial charge in [0, 0.05) is 18.9 Å². The summed E-state index contributed by atoms with van der Waals surface area (Å²) in [5.41, 5.74) is 5.98. The average Bonchev–Trinajstić information content (AvgIpc) is 3.03. The van der Waals surface area contributed by atoms with Gasteiger partial charge in [0.25, 0.3) is 0 Å². The van der Waals surface area contributed by atoms with E-state index in [0.29, 0.717) is 11.8 Å². The van der Waals surface area contributed by atoms with Crippen LogP contribution in [0.3, 0.4) is 0 Å². The largest absolute Gasteiger partial charge is 0.381 e. The molecule has 1 saturated heterocycles. The quantitative estimate of drug-likeness (QED) is 0.867. The highest BCUT2D eigenvalue weighted by Gasteiger charge is 2.26. The van der Waals surface area contributed by atoms with Crippen molar-refractivity contribution in [3.05, 3.63) is 11.7 Å². The highest BCUT2D eigenvalue weighted by atomic mass is 16.5. The molecule has 2 rings (SSSR count). The van der Waals surface area contributed by atoms with E-state index in [1.165, 1.54) is 0 Å². The summed E-state index contributed by atoms with van der Waals surface area (Å²) in [6.07, 6.45) is 3.92. The van der Waals surface area contributed by atoms with Gasteiger partial charge in [-0.3, -0.25) is 0 Å². The Hall–Kier alpha value is -0.940. The summed E-state index contributed by atoms with van der Waals surface area (Å²) >= 11 is 0. The zero-order chi connectivity index (χ0) is 14.6. The highest BCUT2D eigenvalue weighted by Crippen LogP contribution is 2.32. The van der Waals surface area contributed by atoms with Crippen LogP contribution < -0.4 is 5.73 Å². The van der Waals surface area contributed by atoms with E-state index in [4.69, 9.17) is 15.0 Å². The fourth-order valence-electron chi connectivity index (χ4n) is 2.78. The molecule has 0 bridgehead atoms. The summed E-state index contributed by atoms with van der Waals surface area (Å²) in [5, 5.41) is 4.09. The van der Waals surface area contributed by atoms with Crippen LogP contribution in [0.4, 0.5) is 0 Å². The van der Waals surface area contributed by atoms with Crippen LogP contribution in [0.5, 0.6) is 0 Å². The highest BCUT2D eigenvalue weighted by molar-refractivity contribution is 4.97. The van der Waals surface area contributed by atoms with Gasteiger partial charge in [-0.15, -0.1) is 0 Å². The molecule has 5 nitrogen and oxygen atoms in total. The number of aryl methyl sites for hydroxylation is 1. The van der Waals surface area contributed by atoms with Gasteiger partial charge in [0.15, 0.2) is 5.82 Å². The van der Waals surface area contributed by atoms with Crippen molar-refractivity contribution >= 4 is 0 Å². The molecule has 2 atom stereocenters. The lowest BCUT2D eigenvalue weighted by Gasteiger charge is -2.30. The molecule has 0 radical (unpaired) electrons. The van der Waals surface area contributed by atoms with Crippen molar-refractivity contribution in [3.8, 4) is 0 Å². The second-order valence-electron chi connectivity index (χ2n) is 6.79. The normalized spacial score (nSPS) is 21.3. The standard InChI is InChI=1S/C15H27N3O2/c1-15(2,3)12(6-8-16)4-5-13-17-14(18-20-13)11-7-9-19-10-11/h11-12H,4-10,16H2,1-3H3. The molecular formula is C15H27N3O2. The van der Waals surface area contributed by atoms with Crippen LogP contribution >= 0.6 is 0 Å². The minimum atomic E-state index is 0.265. The number of hydrogen-bond donors (Lipinski definition) is 1. The molecule has 2 unspecified atom stereocenters. The lowest BCUT2D eigenvalue weighted by atomic mass is 9.76. The lowest BCUT2D eigenvalue weighted by molar-refractivity contribution is 0.192. The Morgan fingerprint density at radius 3 is 2.75 bits per heavy atom. The minimum absolute atomic E-state index is 0.265. The summed E-state index contributed by atoms with van der Waals surface area (Å²) in [6, 6.07) is 0. The van der Waals surface area contributed by atoms with Crippen molar-refractivity contribution in [1.29, 1.82) is 0 Å². The summed E-state index contributed by atoms with van der Waals surface area (Å²) in [5.74, 6) is 2.45. The van der Waals surface area contributed by atoms with Crippen LogP contribution in [-0.4, -0.2) is 29.9 Å². The summed E-state index contributed by atoms with van der Waals surface area (Å²) in [7, 11) is 0. The Morgan fingerprint density at radius 1 is 1.35 bits per heavy atom. The van der Waals surface area contributed by atoms with E-state index in [9.17, 15) is 0 Å². The molecule has 2 heterocycles. The Morgan fingerprint density at radius 2 is 2.15 bits per heavy atom. The van der Waals surface area contributed by atoms with Crippen molar-refractivity contribution in [2.75, 3.05) is 19.8 Å². The van der Waals surface area contributed by atoms with Crippen LogP contribution in [0.25, 0.3) is 0 Å². The summed E-state index contributed by atoms with van der Waals surface area (Å²) < 4.78 is 10.7. The van der Waals surface area contributed by atoms with E-state index in [-0.39, 0.29) is 5.41 Å². The molecule has 114 valence electrons. The molecule has 0 spiro atoms. The third-order valence-electron chi connectivity index (χ3n) is 4.23. The van der Waals surface area contributed by atoms with Crippen molar-refractivity contribution in [1.82, 2.24) is 10.1 Å². The van der Waals surface area contributed by atoms with Gasteiger partial charge in [-0.2, -0.15) is 4.98 Å². The zero-order valence-electron chi connectivity index (χ0n) is 12.9. The Labute approximate surface area is 121 Å². The predicted molar refractivity (Wildman–Crippen MR) is 77.4 cm³/mol. The second-order valence-corrected chi connectivity index (χ2v) is 6.79. The van der Waals surface area contributed by atoms with Crippen molar-refractivity contribution < 1.29 is 9.26 Å². The molecule has 1 aromatic rings. The molecule has 1 fully saturated rings. The smallest absolute Gasteiger partial charge is 0.226 e. The van der Waals surface area contributed by atoms with E-state index < -0.39 is 0 Å². The van der Waals surface area contributed by atoms with E-state index >= 15 is 0 Å². The van der Waals surface area contributed by atoms with E-state index in [0.717, 1.165) is 57.2 Å². The maximum absolute atomic E-state index is 5.72. The molecular weight excluding hydrogens is 254 g/mol. The van der Waals surface area contributed by atoms with Crippen molar-refractivity contribution in [3.63, 3.8) is 0 Å². The maximum atomic E-state index is 5.72. The number of aromatic nitrogens is 2. The average molecular weight is 281 g/mol. The number of rotatable bonds is 6. The number of hydrogen-bond acceptors (Lipinski definition) is 5. The molecule has 1 aromatic heterocycles. The minimum Gasteiger partial charge on any atom is -0.381 e. The predicted octanol–water partition coefficient (Wildman–Crippen LogP) is 2.52. The lowest BCUT2D eigenvalue weighted by Crippen LogP contribution is -2.24. The van der Waals surface area contributed by atoms with Crippen molar-refractivity contribution in [2.45, 2.75) is 52.4 Å². The molecule has 0 saturated carbocycles. The molecule has 0 amide bonds. The van der Waals surface area contributed by atoms with Crippen molar-refractivity contribution in [2.24, 2.45) is 17.1 Å². The topological polar surface area (TPSA) is 74.2 Å². The molecule has 5 heteroatoms. The SMILES string of the molecule is CC(C)(C)C(CCN)CCc1nc(C2CCOC2)no1. The molecule has 1 aliphatic rings. The van der Waals surface area contributed by atoms with Gasteiger partial charge in [0.1, 0.15) is 0 Å². The van der Waals surface area contributed by atoms with E-state index in [1.54, 1.807) is 0 Å². The van der Waals surface area contributed by atoms with Gasteiger partial charge in [-0.25, -0.2) is 0 Å². The summed E-state index contributed by atoms with van der Waals surface area (Å²) in [6.45, 7) is 9.05. The molecule has 2 N–H and O–H groups in total. The second kappa shape index (κ2) is 6.68. The monoisotopic (exact) mass is 281 g/mol. The number of ether oxygens (including phenoxy) is 1. The number of nitrogens with two attached hydrogens (primary N) is 1. The number of nitrogens with zero attached hydrogens (tertiary/aromatic N) is 2. The Kier molecular flexibility index (Phi) is 5.16. The molecule has 1 aliphatic heterocycles. The Bertz CT molecular complexity index is 405. The van der Waals surface area contributed by atoms with E-state index in [2.05, 4.69) is 30.9 Å². The Balaban J connectivity index is 1.89. The van der Waals surface area contributed by atoms with Crippen LogP contribution in [-0.2, 0) is 11.2 Å². The van der Waals surface area contributed by atoms with Crippen LogP contribution in [0.1, 0.15) is 57.7 Å². The van der Waals surface area contributed by atoms with Gasteiger partial charge < -0.3 is 15.0 Å². The first-order valence-electron chi connectivity index (χ1n) is 7.61. The van der Waals surface area contributed by atoms with E-state index in [1.807, 2.05) is 0 Å². The molecule has 0 aromatic carbocycles. The van der Waals surface area contributed by atoms with Gasteiger partial charge in [0.05, 0.1) is 6.61 Å².